The summed E-state index contributed by atoms with van der Waals surface area (Å²) >= 11 is 0. The molecule has 1 aliphatic heterocycles. The first-order valence-corrected chi connectivity index (χ1v) is 8.28. The molecule has 0 bridgehead atoms. The number of aliphatic hydroxyl groups is 2. The molecule has 0 radical (unpaired) electrons. The lowest BCUT2D eigenvalue weighted by Crippen LogP contribution is -2.32. The molecule has 25 heavy (non-hydrogen) atoms. The topological polar surface area (TPSA) is 88.5 Å². The van der Waals surface area contributed by atoms with E-state index in [0.717, 1.165) is 6.42 Å². The Bertz CT molecular complexity index is 670. The van der Waals surface area contributed by atoms with Crippen molar-refractivity contribution in [2.75, 3.05) is 32.3 Å². The van der Waals surface area contributed by atoms with Crippen LogP contribution in [0.5, 0.6) is 11.5 Å². The number of benzene rings is 1. The van der Waals surface area contributed by atoms with Crippen LogP contribution in [-0.2, 0) is 9.53 Å². The number of ether oxygens (including phenoxy) is 3. The number of carbonyl (C=O) groups is 1. The first kappa shape index (κ1) is 18.9. The smallest absolute Gasteiger partial charge is 0.310 e. The van der Waals surface area contributed by atoms with E-state index in [1.165, 1.54) is 14.2 Å². The zero-order valence-corrected chi connectivity index (χ0v) is 15.0. The van der Waals surface area contributed by atoms with Crippen LogP contribution in [0.3, 0.4) is 0 Å². The zero-order valence-electron chi connectivity index (χ0n) is 15.0. The summed E-state index contributed by atoms with van der Waals surface area (Å²) < 4.78 is 15.7. The fourth-order valence-electron chi connectivity index (χ4n) is 3.02. The van der Waals surface area contributed by atoms with Gasteiger partial charge in [-0.15, -0.1) is 0 Å². The number of esters is 1. The number of hydrogen-bond acceptors (Lipinski definition) is 7. The van der Waals surface area contributed by atoms with Crippen LogP contribution in [-0.4, -0.2) is 43.6 Å². The molecule has 1 heterocycles. The first-order chi connectivity index (χ1) is 12.0. The number of carbonyl (C=O) groups excluding carboxylic acids is 1. The van der Waals surface area contributed by atoms with E-state index in [1.807, 2.05) is 6.92 Å². The fourth-order valence-corrected chi connectivity index (χ4v) is 3.02. The summed E-state index contributed by atoms with van der Waals surface area (Å²) in [5.74, 6) is 0.211. The molecule has 0 saturated heterocycles. The molecular formula is C18H25NO6. The summed E-state index contributed by atoms with van der Waals surface area (Å²) in [5, 5.41) is 21.5. The largest absolute Gasteiger partial charge is 0.494 e. The minimum Gasteiger partial charge on any atom is -0.494 e. The second-order valence-electron chi connectivity index (χ2n) is 5.62. The first-order valence-electron chi connectivity index (χ1n) is 8.28. The van der Waals surface area contributed by atoms with E-state index in [2.05, 4.69) is 0 Å². The van der Waals surface area contributed by atoms with Gasteiger partial charge in [-0.25, -0.2) is 0 Å². The number of methoxy groups -OCH3 is 2. The molecule has 138 valence electrons. The quantitative estimate of drug-likeness (QED) is 0.730. The highest BCUT2D eigenvalue weighted by Crippen LogP contribution is 2.48. The Balaban J connectivity index is 2.58. The van der Waals surface area contributed by atoms with Gasteiger partial charge in [0.1, 0.15) is 6.10 Å². The van der Waals surface area contributed by atoms with Crippen molar-refractivity contribution in [1.82, 2.24) is 0 Å². The average molecular weight is 351 g/mol. The van der Waals surface area contributed by atoms with Gasteiger partial charge in [-0.05, 0) is 25.5 Å². The summed E-state index contributed by atoms with van der Waals surface area (Å²) in [6, 6.07) is 3.48. The highest BCUT2D eigenvalue weighted by molar-refractivity contribution is 5.77. The van der Waals surface area contributed by atoms with E-state index in [0.29, 0.717) is 29.3 Å². The van der Waals surface area contributed by atoms with Crippen LogP contribution >= 0.6 is 0 Å². The Hall–Kier alpha value is -2.41. The molecular weight excluding hydrogens is 326 g/mol. The minimum atomic E-state index is -1.20. The van der Waals surface area contributed by atoms with E-state index in [1.54, 1.807) is 24.0 Å². The van der Waals surface area contributed by atoms with Gasteiger partial charge in [-0.1, -0.05) is 6.92 Å². The fraction of sp³-hybridized carbons (Fsp3) is 0.500. The molecule has 1 aliphatic rings. The maximum atomic E-state index is 11.9. The van der Waals surface area contributed by atoms with Gasteiger partial charge in [0.25, 0.3) is 0 Å². The Morgan fingerprint density at radius 1 is 1.24 bits per heavy atom. The number of fused-ring (bicyclic) bond motifs is 1. The second kappa shape index (κ2) is 8.11. The molecule has 7 nitrogen and oxygen atoms in total. The summed E-state index contributed by atoms with van der Waals surface area (Å²) in [7, 11) is 2.99. The predicted octanol–water partition coefficient (Wildman–Crippen LogP) is 2.69. The Morgan fingerprint density at radius 2 is 1.96 bits per heavy atom. The van der Waals surface area contributed by atoms with Crippen molar-refractivity contribution in [3.63, 3.8) is 0 Å². The summed E-state index contributed by atoms with van der Waals surface area (Å²) in [5.41, 5.74) is 1.27. The number of anilines is 1. The van der Waals surface area contributed by atoms with Crippen LogP contribution in [0.15, 0.2) is 23.6 Å². The lowest BCUT2D eigenvalue weighted by Gasteiger charge is -2.35. The second-order valence-corrected chi connectivity index (χ2v) is 5.62. The molecule has 0 saturated carbocycles. The normalized spacial score (nSPS) is 16.5. The third kappa shape index (κ3) is 3.51. The number of aliphatic hydroxyl groups excluding tert-OH is 2. The SMILES string of the molecule is CCCN1C(O)=C(CC(=O)OCC)C(O)c2c1ccc(OC)c2OC. The van der Waals surface area contributed by atoms with E-state index < -0.39 is 12.1 Å². The highest BCUT2D eigenvalue weighted by Gasteiger charge is 2.36. The van der Waals surface area contributed by atoms with Crippen molar-refractivity contribution in [1.29, 1.82) is 0 Å². The minimum absolute atomic E-state index is 0.123. The van der Waals surface area contributed by atoms with Gasteiger partial charge in [-0.3, -0.25) is 4.79 Å². The predicted molar refractivity (Wildman–Crippen MR) is 93.0 cm³/mol. The molecule has 0 amide bonds. The van der Waals surface area contributed by atoms with Gasteiger partial charge in [0.15, 0.2) is 17.4 Å². The van der Waals surface area contributed by atoms with Crippen LogP contribution in [0.25, 0.3) is 0 Å². The molecule has 1 aromatic carbocycles. The van der Waals surface area contributed by atoms with Crippen LogP contribution < -0.4 is 14.4 Å². The summed E-state index contributed by atoms with van der Waals surface area (Å²) in [6.45, 7) is 4.43. The molecule has 2 N–H and O–H groups in total. The van der Waals surface area contributed by atoms with Crippen LogP contribution in [0.2, 0.25) is 0 Å². The standard InChI is InChI=1S/C18H25NO6/c1-5-9-19-12-7-8-13(23-3)17(24-4)15(12)16(21)11(18(19)22)10-14(20)25-6-2/h7-8,16,21-22H,5-6,9-10H2,1-4H3. The Kier molecular flexibility index (Phi) is 6.14. The van der Waals surface area contributed by atoms with Crippen molar-refractivity contribution in [2.24, 2.45) is 0 Å². The van der Waals surface area contributed by atoms with Crippen LogP contribution in [0.4, 0.5) is 5.69 Å². The third-order valence-corrected chi connectivity index (χ3v) is 4.09. The average Bonchev–Trinajstić information content (AvgIpc) is 2.61. The molecule has 0 fully saturated rings. The van der Waals surface area contributed by atoms with E-state index in [9.17, 15) is 15.0 Å². The van der Waals surface area contributed by atoms with E-state index in [-0.39, 0.29) is 24.5 Å². The van der Waals surface area contributed by atoms with Gasteiger partial charge >= 0.3 is 5.97 Å². The number of nitrogens with zero attached hydrogens (tertiary/aromatic N) is 1. The molecule has 7 heteroatoms. The van der Waals surface area contributed by atoms with E-state index >= 15 is 0 Å². The van der Waals surface area contributed by atoms with Gasteiger partial charge < -0.3 is 29.3 Å². The van der Waals surface area contributed by atoms with Gasteiger partial charge in [-0.2, -0.15) is 0 Å². The monoisotopic (exact) mass is 351 g/mol. The maximum absolute atomic E-state index is 11.9. The third-order valence-electron chi connectivity index (χ3n) is 4.09. The molecule has 0 spiro atoms. The van der Waals surface area contributed by atoms with Crippen LogP contribution in [0.1, 0.15) is 38.4 Å². The van der Waals surface area contributed by atoms with Gasteiger partial charge in [0.2, 0.25) is 0 Å². The zero-order chi connectivity index (χ0) is 18.6. The molecule has 1 unspecified atom stereocenters. The van der Waals surface area contributed by atoms with Gasteiger partial charge in [0, 0.05) is 12.1 Å². The molecule has 2 rings (SSSR count). The van der Waals surface area contributed by atoms with Crippen molar-refractivity contribution in [2.45, 2.75) is 32.8 Å². The Labute approximate surface area is 147 Å². The summed E-state index contributed by atoms with van der Waals surface area (Å²) in [4.78, 5) is 13.6. The molecule has 0 aliphatic carbocycles. The lowest BCUT2D eigenvalue weighted by molar-refractivity contribution is -0.142. The van der Waals surface area contributed by atoms with Crippen molar-refractivity contribution in [3.8, 4) is 11.5 Å². The number of hydrogen-bond donors (Lipinski definition) is 2. The molecule has 1 aromatic rings. The summed E-state index contributed by atoms with van der Waals surface area (Å²) in [6.07, 6.45) is -0.640. The van der Waals surface area contributed by atoms with Crippen molar-refractivity contribution >= 4 is 11.7 Å². The molecule has 0 aromatic heterocycles. The lowest BCUT2D eigenvalue weighted by atomic mass is 9.92. The number of rotatable bonds is 7. The van der Waals surface area contributed by atoms with E-state index in [4.69, 9.17) is 14.2 Å². The maximum Gasteiger partial charge on any atom is 0.310 e. The van der Waals surface area contributed by atoms with Gasteiger partial charge in [0.05, 0.1) is 38.5 Å². The van der Waals surface area contributed by atoms with Crippen LogP contribution in [0, 0.1) is 0 Å². The highest BCUT2D eigenvalue weighted by atomic mass is 16.5. The Morgan fingerprint density at radius 3 is 2.52 bits per heavy atom. The van der Waals surface area contributed by atoms with Crippen molar-refractivity contribution < 1.29 is 29.2 Å². The molecule has 1 atom stereocenters. The van der Waals surface area contributed by atoms with Crippen molar-refractivity contribution in [3.05, 3.63) is 29.2 Å².